The standard InChI is InChI=1S/C24H31N3O9S2/c1-16(2)20-11-21(23(36-38(32,33)34)12-22(20)35-37(29,30)31)24(28)27-14-18-5-4-17(10-19(18)15-27)13-26-8-6-25(3)7-9-26/h4-5,10-12,16H,6-9,13-15H2,1-3H3,(H,29,30,31)(H,32,33,34). The highest BCUT2D eigenvalue weighted by Gasteiger charge is 2.30. The van der Waals surface area contributed by atoms with Crippen LogP contribution in [0.2, 0.25) is 0 Å². The molecule has 1 saturated heterocycles. The zero-order chi connectivity index (χ0) is 27.8. The molecule has 1 fully saturated rings. The van der Waals surface area contributed by atoms with Gasteiger partial charge in [0.1, 0.15) is 0 Å². The molecule has 0 aromatic heterocycles. The summed E-state index contributed by atoms with van der Waals surface area (Å²) in [6, 6.07) is 8.18. The molecule has 4 rings (SSSR count). The molecule has 0 radical (unpaired) electrons. The van der Waals surface area contributed by atoms with Crippen LogP contribution < -0.4 is 8.37 Å². The minimum Gasteiger partial charge on any atom is -0.361 e. The van der Waals surface area contributed by atoms with Crippen LogP contribution >= 0.6 is 0 Å². The molecule has 0 atom stereocenters. The first-order valence-corrected chi connectivity index (χ1v) is 14.7. The largest absolute Gasteiger partial charge is 0.446 e. The lowest BCUT2D eigenvalue weighted by atomic mass is 9.98. The van der Waals surface area contributed by atoms with E-state index in [0.717, 1.165) is 55.5 Å². The lowest BCUT2D eigenvalue weighted by Crippen LogP contribution is -2.43. The number of piperazine rings is 1. The highest BCUT2D eigenvalue weighted by Crippen LogP contribution is 2.37. The quantitative estimate of drug-likeness (QED) is 0.449. The van der Waals surface area contributed by atoms with Crippen molar-refractivity contribution in [2.24, 2.45) is 0 Å². The molecular weight excluding hydrogens is 538 g/mol. The maximum absolute atomic E-state index is 13.6. The molecule has 14 heteroatoms. The summed E-state index contributed by atoms with van der Waals surface area (Å²) in [7, 11) is -7.94. The molecule has 2 heterocycles. The number of amides is 1. The Morgan fingerprint density at radius 2 is 1.50 bits per heavy atom. The zero-order valence-corrected chi connectivity index (χ0v) is 23.0. The Bertz CT molecular complexity index is 1430. The highest BCUT2D eigenvalue weighted by molar-refractivity contribution is 7.81. The monoisotopic (exact) mass is 569 g/mol. The van der Waals surface area contributed by atoms with E-state index in [2.05, 4.69) is 31.3 Å². The molecule has 1 amide bonds. The van der Waals surface area contributed by atoms with E-state index in [0.29, 0.717) is 0 Å². The molecule has 208 valence electrons. The number of hydrogen-bond acceptors (Lipinski definition) is 9. The number of benzene rings is 2. The van der Waals surface area contributed by atoms with E-state index in [9.17, 15) is 26.2 Å². The molecule has 0 bridgehead atoms. The van der Waals surface area contributed by atoms with Gasteiger partial charge in [0.15, 0.2) is 11.5 Å². The Morgan fingerprint density at radius 3 is 2.11 bits per heavy atom. The van der Waals surface area contributed by atoms with Crippen LogP contribution in [0.4, 0.5) is 0 Å². The Labute approximate surface area is 222 Å². The van der Waals surface area contributed by atoms with E-state index < -0.39 is 38.2 Å². The Kier molecular flexibility index (Phi) is 8.02. The topological polar surface area (TPSA) is 154 Å². The number of carbonyl (C=O) groups excluding carboxylic acids is 1. The molecule has 2 aliphatic rings. The van der Waals surface area contributed by atoms with E-state index in [-0.39, 0.29) is 30.1 Å². The first-order chi connectivity index (χ1) is 17.7. The van der Waals surface area contributed by atoms with Crippen molar-refractivity contribution in [2.75, 3.05) is 33.2 Å². The molecule has 0 unspecified atom stereocenters. The zero-order valence-electron chi connectivity index (χ0n) is 21.3. The van der Waals surface area contributed by atoms with Gasteiger partial charge in [-0.05, 0) is 41.3 Å². The molecule has 12 nitrogen and oxygen atoms in total. The first kappa shape index (κ1) is 28.3. The molecule has 2 aromatic rings. The Morgan fingerprint density at radius 1 is 0.895 bits per heavy atom. The van der Waals surface area contributed by atoms with Gasteiger partial charge in [-0.2, -0.15) is 16.8 Å². The highest BCUT2D eigenvalue weighted by atomic mass is 32.3. The maximum Gasteiger partial charge on any atom is 0.446 e. The summed E-state index contributed by atoms with van der Waals surface area (Å²) in [5, 5.41) is 0. The normalized spacial score (nSPS) is 17.1. The van der Waals surface area contributed by atoms with Gasteiger partial charge in [0, 0.05) is 51.9 Å². The Hall–Kier alpha value is -2.75. The van der Waals surface area contributed by atoms with Crippen molar-refractivity contribution in [3.8, 4) is 11.5 Å². The molecular formula is C24H31N3O9S2. The van der Waals surface area contributed by atoms with Crippen molar-refractivity contribution >= 4 is 26.7 Å². The summed E-state index contributed by atoms with van der Waals surface area (Å²) in [6.07, 6.45) is 0. The first-order valence-electron chi connectivity index (χ1n) is 12.0. The second-order valence-electron chi connectivity index (χ2n) is 9.91. The van der Waals surface area contributed by atoms with E-state index in [4.69, 9.17) is 4.55 Å². The summed E-state index contributed by atoms with van der Waals surface area (Å²) in [5.41, 5.74) is 3.05. The van der Waals surface area contributed by atoms with Crippen LogP contribution in [0.5, 0.6) is 11.5 Å². The van der Waals surface area contributed by atoms with E-state index >= 15 is 0 Å². The van der Waals surface area contributed by atoms with E-state index in [1.807, 2.05) is 12.1 Å². The van der Waals surface area contributed by atoms with Crippen molar-refractivity contribution in [1.82, 2.24) is 14.7 Å². The summed E-state index contributed by atoms with van der Waals surface area (Å²) in [4.78, 5) is 19.7. The second-order valence-corrected chi connectivity index (χ2v) is 12.0. The molecule has 2 aromatic carbocycles. The van der Waals surface area contributed by atoms with Crippen LogP contribution in [0.1, 0.15) is 52.4 Å². The lowest BCUT2D eigenvalue weighted by Gasteiger charge is -2.32. The van der Waals surface area contributed by atoms with Crippen molar-refractivity contribution < 1.29 is 39.1 Å². The van der Waals surface area contributed by atoms with Gasteiger partial charge in [0.2, 0.25) is 0 Å². The van der Waals surface area contributed by atoms with Crippen LogP contribution in [-0.4, -0.2) is 79.8 Å². The van der Waals surface area contributed by atoms with Crippen LogP contribution in [0, 0.1) is 0 Å². The average molecular weight is 570 g/mol. The fourth-order valence-corrected chi connectivity index (χ4v) is 5.42. The van der Waals surface area contributed by atoms with Gasteiger partial charge in [-0.1, -0.05) is 32.0 Å². The second kappa shape index (κ2) is 10.8. The number of carbonyl (C=O) groups is 1. The number of likely N-dealkylation sites (N-methyl/N-ethyl adjacent to an activating group) is 1. The third-order valence-corrected chi connectivity index (χ3v) is 7.42. The third kappa shape index (κ3) is 7.01. The van der Waals surface area contributed by atoms with Crippen LogP contribution in [0.15, 0.2) is 30.3 Å². The number of nitrogens with zero attached hydrogens (tertiary/aromatic N) is 3. The SMILES string of the molecule is CC(C)c1cc(C(=O)N2Cc3ccc(CN4CCN(C)CC4)cc3C2)c(OS(=O)(=O)O)cc1OS(=O)(=O)O. The summed E-state index contributed by atoms with van der Waals surface area (Å²) >= 11 is 0. The van der Waals surface area contributed by atoms with Crippen molar-refractivity contribution in [1.29, 1.82) is 0 Å². The van der Waals surface area contributed by atoms with Gasteiger partial charge in [-0.15, -0.1) is 0 Å². The summed E-state index contributed by atoms with van der Waals surface area (Å²) in [6.45, 7) is 8.70. The fourth-order valence-electron chi connectivity index (χ4n) is 4.69. The summed E-state index contributed by atoms with van der Waals surface area (Å²) in [5.74, 6) is -2.03. The minimum atomic E-state index is -5.07. The molecule has 0 aliphatic carbocycles. The van der Waals surface area contributed by atoms with Gasteiger partial charge in [0.25, 0.3) is 5.91 Å². The maximum atomic E-state index is 13.6. The fraction of sp³-hybridized carbons (Fsp3) is 0.458. The number of fused-ring (bicyclic) bond motifs is 1. The predicted octanol–water partition coefficient (Wildman–Crippen LogP) is 2.08. The van der Waals surface area contributed by atoms with Gasteiger partial charge in [-0.25, -0.2) is 0 Å². The number of rotatable bonds is 8. The van der Waals surface area contributed by atoms with Gasteiger partial charge >= 0.3 is 20.8 Å². The van der Waals surface area contributed by atoms with Gasteiger partial charge in [-0.3, -0.25) is 18.8 Å². The van der Waals surface area contributed by atoms with E-state index in [1.165, 1.54) is 11.0 Å². The Balaban J connectivity index is 1.61. The molecule has 38 heavy (non-hydrogen) atoms. The van der Waals surface area contributed by atoms with Crippen LogP contribution in [0.3, 0.4) is 0 Å². The minimum absolute atomic E-state index is 0.208. The summed E-state index contributed by atoms with van der Waals surface area (Å²) < 4.78 is 73.3. The van der Waals surface area contributed by atoms with Crippen LogP contribution in [0.25, 0.3) is 0 Å². The smallest absolute Gasteiger partial charge is 0.361 e. The van der Waals surface area contributed by atoms with Crippen molar-refractivity contribution in [2.45, 2.75) is 39.4 Å². The molecule has 2 aliphatic heterocycles. The van der Waals surface area contributed by atoms with Gasteiger partial charge < -0.3 is 18.2 Å². The van der Waals surface area contributed by atoms with Crippen molar-refractivity contribution in [3.63, 3.8) is 0 Å². The third-order valence-electron chi connectivity index (χ3n) is 6.64. The average Bonchev–Trinajstić information content (AvgIpc) is 3.21. The predicted molar refractivity (Wildman–Crippen MR) is 138 cm³/mol. The van der Waals surface area contributed by atoms with E-state index in [1.54, 1.807) is 13.8 Å². The number of hydrogen-bond donors (Lipinski definition) is 2. The van der Waals surface area contributed by atoms with Crippen LogP contribution in [-0.2, 0) is 40.4 Å². The molecule has 2 N–H and O–H groups in total. The van der Waals surface area contributed by atoms with Crippen molar-refractivity contribution in [3.05, 3.63) is 58.1 Å². The lowest BCUT2D eigenvalue weighted by molar-refractivity contribution is 0.0749. The molecule has 0 saturated carbocycles. The molecule has 0 spiro atoms. The van der Waals surface area contributed by atoms with Gasteiger partial charge in [0.05, 0.1) is 5.56 Å².